The van der Waals surface area contributed by atoms with E-state index in [1.54, 1.807) is 0 Å². The lowest BCUT2D eigenvalue weighted by Gasteiger charge is -2.17. The zero-order valence-electron chi connectivity index (χ0n) is 13.7. The molecule has 0 spiro atoms. The number of nitrogens with zero attached hydrogens (tertiary/aromatic N) is 5. The van der Waals surface area contributed by atoms with E-state index in [2.05, 4.69) is 51.0 Å². The lowest BCUT2D eigenvalue weighted by Crippen LogP contribution is -2.22. The first-order valence-electron chi connectivity index (χ1n) is 7.42. The quantitative estimate of drug-likeness (QED) is 0.876. The molecule has 0 fully saturated rings. The van der Waals surface area contributed by atoms with Crippen molar-refractivity contribution in [2.24, 2.45) is 0 Å². The van der Waals surface area contributed by atoms with Crippen molar-refractivity contribution in [1.29, 1.82) is 0 Å². The minimum atomic E-state index is 0.259. The van der Waals surface area contributed by atoms with E-state index in [0.717, 1.165) is 13.0 Å². The minimum absolute atomic E-state index is 0.259. The third-order valence-corrected chi connectivity index (χ3v) is 3.38. The summed E-state index contributed by atoms with van der Waals surface area (Å²) in [5.74, 6) is 1.53. The minimum Gasteiger partial charge on any atom is -0.368 e. The predicted octanol–water partition coefficient (Wildman–Crippen LogP) is 1.71. The van der Waals surface area contributed by atoms with Gasteiger partial charge in [-0.25, -0.2) is 0 Å². The van der Waals surface area contributed by atoms with E-state index in [-0.39, 0.29) is 5.95 Å². The van der Waals surface area contributed by atoms with Crippen molar-refractivity contribution in [3.8, 4) is 0 Å². The van der Waals surface area contributed by atoms with Crippen LogP contribution < -0.4 is 10.6 Å². The molecule has 1 aromatic heterocycles. The molecule has 0 aliphatic rings. The monoisotopic (exact) mass is 300 g/mol. The molecule has 0 saturated carbocycles. The Morgan fingerprint density at radius 2 is 1.55 bits per heavy atom. The topological polar surface area (TPSA) is 71.2 Å². The average Bonchev–Trinajstić information content (AvgIpc) is 2.47. The SMILES string of the molecule is CCc1ccc(CN(C)Cc2nc(N)nc(N(C)C)n2)cc1. The number of nitrogen functional groups attached to an aromatic ring is 1. The first kappa shape index (κ1) is 16.2. The maximum absolute atomic E-state index is 5.75. The number of rotatable bonds is 6. The van der Waals surface area contributed by atoms with E-state index in [1.807, 2.05) is 26.0 Å². The molecule has 0 amide bonds. The van der Waals surface area contributed by atoms with Crippen LogP contribution >= 0.6 is 0 Å². The Morgan fingerprint density at radius 1 is 0.909 bits per heavy atom. The molecule has 0 unspecified atom stereocenters. The van der Waals surface area contributed by atoms with Gasteiger partial charge in [0.15, 0.2) is 0 Å². The van der Waals surface area contributed by atoms with Gasteiger partial charge < -0.3 is 10.6 Å². The highest BCUT2D eigenvalue weighted by Crippen LogP contribution is 2.11. The van der Waals surface area contributed by atoms with Gasteiger partial charge in [-0.15, -0.1) is 0 Å². The lowest BCUT2D eigenvalue weighted by atomic mass is 10.1. The van der Waals surface area contributed by atoms with Gasteiger partial charge in [-0.05, 0) is 24.6 Å². The summed E-state index contributed by atoms with van der Waals surface area (Å²) in [5, 5.41) is 0. The van der Waals surface area contributed by atoms with Crippen molar-refractivity contribution < 1.29 is 0 Å². The van der Waals surface area contributed by atoms with Crippen LogP contribution in [0.1, 0.15) is 23.9 Å². The van der Waals surface area contributed by atoms with E-state index in [0.29, 0.717) is 18.3 Å². The number of hydrogen-bond donors (Lipinski definition) is 1. The van der Waals surface area contributed by atoms with E-state index in [1.165, 1.54) is 11.1 Å². The summed E-state index contributed by atoms with van der Waals surface area (Å²) in [6.45, 7) is 3.63. The predicted molar refractivity (Wildman–Crippen MR) is 89.6 cm³/mol. The second kappa shape index (κ2) is 7.17. The van der Waals surface area contributed by atoms with Gasteiger partial charge in [0, 0.05) is 20.6 Å². The summed E-state index contributed by atoms with van der Waals surface area (Å²) in [7, 11) is 5.82. The molecular weight excluding hydrogens is 276 g/mol. The molecule has 0 bridgehead atoms. The molecule has 2 N–H and O–H groups in total. The maximum Gasteiger partial charge on any atom is 0.229 e. The molecule has 2 aromatic rings. The van der Waals surface area contributed by atoms with Crippen LogP contribution in [0.2, 0.25) is 0 Å². The Hall–Kier alpha value is -2.21. The average molecular weight is 300 g/mol. The second-order valence-electron chi connectivity index (χ2n) is 5.65. The molecule has 0 aliphatic carbocycles. The molecule has 0 aliphatic heterocycles. The van der Waals surface area contributed by atoms with E-state index < -0.39 is 0 Å². The molecule has 0 radical (unpaired) electrons. The Labute approximate surface area is 132 Å². The lowest BCUT2D eigenvalue weighted by molar-refractivity contribution is 0.310. The molecule has 22 heavy (non-hydrogen) atoms. The van der Waals surface area contributed by atoms with E-state index in [9.17, 15) is 0 Å². The molecule has 1 heterocycles. The van der Waals surface area contributed by atoms with Gasteiger partial charge in [-0.1, -0.05) is 31.2 Å². The molecule has 2 rings (SSSR count). The summed E-state index contributed by atoms with van der Waals surface area (Å²) in [6.07, 6.45) is 1.06. The van der Waals surface area contributed by atoms with Crippen LogP contribution in [-0.4, -0.2) is 41.0 Å². The molecule has 0 saturated heterocycles. The maximum atomic E-state index is 5.75. The third kappa shape index (κ3) is 4.39. The number of nitrogens with two attached hydrogens (primary N) is 1. The molecule has 1 aromatic carbocycles. The first-order chi connectivity index (χ1) is 10.5. The number of aryl methyl sites for hydroxylation is 1. The van der Waals surface area contributed by atoms with Gasteiger partial charge in [0.1, 0.15) is 5.82 Å². The zero-order valence-corrected chi connectivity index (χ0v) is 13.7. The summed E-state index contributed by atoms with van der Waals surface area (Å²) in [4.78, 5) is 16.7. The van der Waals surface area contributed by atoms with Crippen LogP contribution in [0.5, 0.6) is 0 Å². The number of anilines is 2. The van der Waals surface area contributed by atoms with Crippen LogP contribution in [-0.2, 0) is 19.5 Å². The summed E-state index contributed by atoms with van der Waals surface area (Å²) >= 11 is 0. The summed E-state index contributed by atoms with van der Waals surface area (Å²) in [6, 6.07) is 8.69. The molecule has 6 nitrogen and oxygen atoms in total. The smallest absolute Gasteiger partial charge is 0.229 e. The van der Waals surface area contributed by atoms with Gasteiger partial charge in [0.05, 0.1) is 6.54 Å². The Balaban J connectivity index is 2.03. The van der Waals surface area contributed by atoms with Crippen LogP contribution in [0.3, 0.4) is 0 Å². The van der Waals surface area contributed by atoms with Crippen LogP contribution in [0.4, 0.5) is 11.9 Å². The van der Waals surface area contributed by atoms with Gasteiger partial charge in [-0.2, -0.15) is 15.0 Å². The highest BCUT2D eigenvalue weighted by atomic mass is 15.3. The third-order valence-electron chi connectivity index (χ3n) is 3.38. The molecular formula is C16H24N6. The standard InChI is InChI=1S/C16H24N6/c1-5-12-6-8-13(9-7-12)10-22(4)11-14-18-15(17)20-16(19-14)21(2)3/h6-9H,5,10-11H2,1-4H3,(H2,17,18,19,20). The normalized spacial score (nSPS) is 11.0. The largest absolute Gasteiger partial charge is 0.368 e. The van der Waals surface area contributed by atoms with Crippen LogP contribution in [0.15, 0.2) is 24.3 Å². The number of hydrogen-bond acceptors (Lipinski definition) is 6. The number of benzene rings is 1. The van der Waals surface area contributed by atoms with Gasteiger partial charge in [0.2, 0.25) is 11.9 Å². The summed E-state index contributed by atoms with van der Waals surface area (Å²) < 4.78 is 0. The fourth-order valence-electron chi connectivity index (χ4n) is 2.19. The van der Waals surface area contributed by atoms with Crippen molar-refractivity contribution in [3.05, 3.63) is 41.2 Å². The Kier molecular flexibility index (Phi) is 5.27. The molecule has 0 atom stereocenters. The summed E-state index contributed by atoms with van der Waals surface area (Å²) in [5.41, 5.74) is 8.38. The van der Waals surface area contributed by atoms with Crippen molar-refractivity contribution >= 4 is 11.9 Å². The fraction of sp³-hybridized carbons (Fsp3) is 0.438. The fourth-order valence-corrected chi connectivity index (χ4v) is 2.19. The Morgan fingerprint density at radius 3 is 2.14 bits per heavy atom. The van der Waals surface area contributed by atoms with Crippen molar-refractivity contribution in [1.82, 2.24) is 19.9 Å². The van der Waals surface area contributed by atoms with Gasteiger partial charge in [0.25, 0.3) is 0 Å². The van der Waals surface area contributed by atoms with Gasteiger partial charge >= 0.3 is 0 Å². The Bertz CT molecular complexity index is 609. The van der Waals surface area contributed by atoms with Crippen molar-refractivity contribution in [2.45, 2.75) is 26.4 Å². The molecule has 118 valence electrons. The van der Waals surface area contributed by atoms with Crippen molar-refractivity contribution in [2.75, 3.05) is 31.8 Å². The van der Waals surface area contributed by atoms with E-state index in [4.69, 9.17) is 5.73 Å². The highest BCUT2D eigenvalue weighted by molar-refractivity contribution is 5.32. The van der Waals surface area contributed by atoms with Crippen molar-refractivity contribution in [3.63, 3.8) is 0 Å². The second-order valence-corrected chi connectivity index (χ2v) is 5.65. The molecule has 6 heteroatoms. The highest BCUT2D eigenvalue weighted by Gasteiger charge is 2.09. The van der Waals surface area contributed by atoms with Crippen LogP contribution in [0.25, 0.3) is 0 Å². The van der Waals surface area contributed by atoms with Gasteiger partial charge in [-0.3, -0.25) is 4.90 Å². The van der Waals surface area contributed by atoms with Crippen LogP contribution in [0, 0.1) is 0 Å². The zero-order chi connectivity index (χ0) is 16.1. The first-order valence-corrected chi connectivity index (χ1v) is 7.42. The van der Waals surface area contributed by atoms with E-state index >= 15 is 0 Å². The number of aromatic nitrogens is 3.